The second-order valence-corrected chi connectivity index (χ2v) is 8.77. The molecular weight excluding hydrogens is 426 g/mol. The van der Waals surface area contributed by atoms with Gasteiger partial charge in [-0.25, -0.2) is 4.98 Å². The lowest BCUT2D eigenvalue weighted by molar-refractivity contribution is 0.0730. The number of carbonyl (C=O) groups excluding carboxylic acids is 1. The standard InChI is InChI=1S/C24H23N3O4S/c1-14-22-18(12-19(21-5-4-10-32-21)25-23(22)31-26-14)24(28)27(16-6-7-16)13-15-11-17(29-2)8-9-20(15)30-3/h4-5,8-12,16H,6-7,13H2,1-3H3. The number of fused-ring (bicyclic) bond motifs is 1. The summed E-state index contributed by atoms with van der Waals surface area (Å²) in [5.74, 6) is 1.39. The molecule has 3 heterocycles. The monoisotopic (exact) mass is 449 g/mol. The van der Waals surface area contributed by atoms with E-state index < -0.39 is 0 Å². The number of aryl methyl sites for hydroxylation is 1. The van der Waals surface area contributed by atoms with Crippen molar-refractivity contribution in [2.75, 3.05) is 14.2 Å². The topological polar surface area (TPSA) is 77.7 Å². The molecule has 0 radical (unpaired) electrons. The van der Waals surface area contributed by atoms with Crippen molar-refractivity contribution >= 4 is 28.3 Å². The second-order valence-electron chi connectivity index (χ2n) is 7.82. The van der Waals surface area contributed by atoms with Crippen LogP contribution >= 0.6 is 11.3 Å². The molecule has 7 nitrogen and oxygen atoms in total. The normalized spacial score (nSPS) is 13.3. The maximum Gasteiger partial charge on any atom is 0.259 e. The van der Waals surface area contributed by atoms with Crippen molar-refractivity contribution in [3.63, 3.8) is 0 Å². The molecule has 0 spiro atoms. The number of ether oxygens (including phenoxy) is 2. The largest absolute Gasteiger partial charge is 0.497 e. The molecule has 8 heteroatoms. The Morgan fingerprint density at radius 2 is 2.06 bits per heavy atom. The number of benzene rings is 1. The molecule has 5 rings (SSSR count). The zero-order valence-corrected chi connectivity index (χ0v) is 18.9. The van der Waals surface area contributed by atoms with Gasteiger partial charge in [-0.3, -0.25) is 4.79 Å². The highest BCUT2D eigenvalue weighted by Gasteiger charge is 2.35. The molecule has 0 aliphatic heterocycles. The van der Waals surface area contributed by atoms with E-state index in [9.17, 15) is 4.79 Å². The molecule has 164 valence electrons. The minimum absolute atomic E-state index is 0.0612. The Hall–Kier alpha value is -3.39. The van der Waals surface area contributed by atoms with Crippen LogP contribution in [-0.4, -0.2) is 41.2 Å². The van der Waals surface area contributed by atoms with Crippen molar-refractivity contribution in [1.29, 1.82) is 0 Å². The molecule has 4 aromatic rings. The third kappa shape index (κ3) is 3.71. The maximum absolute atomic E-state index is 13.9. The zero-order valence-electron chi connectivity index (χ0n) is 18.1. The van der Waals surface area contributed by atoms with E-state index in [2.05, 4.69) is 10.1 Å². The van der Waals surface area contributed by atoms with Gasteiger partial charge in [-0.05, 0) is 55.5 Å². The summed E-state index contributed by atoms with van der Waals surface area (Å²) in [6.45, 7) is 2.26. The molecule has 0 bridgehead atoms. The van der Waals surface area contributed by atoms with Crippen LogP contribution < -0.4 is 9.47 Å². The first-order valence-corrected chi connectivity index (χ1v) is 11.3. The van der Waals surface area contributed by atoms with Crippen LogP contribution in [0.1, 0.15) is 34.5 Å². The van der Waals surface area contributed by atoms with E-state index in [0.29, 0.717) is 34.6 Å². The van der Waals surface area contributed by atoms with Crippen LogP contribution in [0.5, 0.6) is 11.5 Å². The number of thiophene rings is 1. The van der Waals surface area contributed by atoms with Crippen molar-refractivity contribution in [3.05, 3.63) is 58.6 Å². The van der Waals surface area contributed by atoms with Crippen LogP contribution in [0.15, 0.2) is 46.3 Å². The number of rotatable bonds is 7. The Kier molecular flexibility index (Phi) is 5.30. The number of carbonyl (C=O) groups is 1. The lowest BCUT2D eigenvalue weighted by Gasteiger charge is -2.24. The number of hydrogen-bond acceptors (Lipinski definition) is 7. The minimum atomic E-state index is -0.0612. The predicted octanol–water partition coefficient (Wildman–Crippen LogP) is 5.08. The quantitative estimate of drug-likeness (QED) is 0.391. The van der Waals surface area contributed by atoms with Crippen LogP contribution in [0.2, 0.25) is 0 Å². The molecular formula is C24H23N3O4S. The van der Waals surface area contributed by atoms with Crippen LogP contribution in [0.4, 0.5) is 0 Å². The average Bonchev–Trinajstić information content (AvgIpc) is 3.36. The summed E-state index contributed by atoms with van der Waals surface area (Å²) >= 11 is 1.57. The summed E-state index contributed by atoms with van der Waals surface area (Å²) in [4.78, 5) is 21.4. The first-order valence-electron chi connectivity index (χ1n) is 10.4. The number of amides is 1. The Morgan fingerprint density at radius 3 is 2.75 bits per heavy atom. The Bertz CT molecular complexity index is 1280. The van der Waals surface area contributed by atoms with Gasteiger partial charge in [0, 0.05) is 11.6 Å². The molecule has 1 aliphatic carbocycles. The highest BCUT2D eigenvalue weighted by atomic mass is 32.1. The molecule has 0 atom stereocenters. The molecule has 0 N–H and O–H groups in total. The summed E-state index contributed by atoms with van der Waals surface area (Å²) < 4.78 is 16.4. The van der Waals surface area contributed by atoms with E-state index in [0.717, 1.165) is 34.8 Å². The fraction of sp³-hybridized carbons (Fsp3) is 0.292. The van der Waals surface area contributed by atoms with Gasteiger partial charge in [-0.1, -0.05) is 11.2 Å². The number of pyridine rings is 1. The van der Waals surface area contributed by atoms with Gasteiger partial charge in [-0.2, -0.15) is 0 Å². The summed E-state index contributed by atoms with van der Waals surface area (Å²) in [6, 6.07) is 11.6. The Morgan fingerprint density at radius 1 is 1.22 bits per heavy atom. The molecule has 32 heavy (non-hydrogen) atoms. The van der Waals surface area contributed by atoms with E-state index in [4.69, 9.17) is 14.0 Å². The number of hydrogen-bond donors (Lipinski definition) is 0. The van der Waals surface area contributed by atoms with Crippen molar-refractivity contribution in [3.8, 4) is 22.1 Å². The molecule has 1 aromatic carbocycles. The summed E-state index contributed by atoms with van der Waals surface area (Å²) in [5, 5.41) is 6.73. The van der Waals surface area contributed by atoms with Crippen molar-refractivity contribution in [1.82, 2.24) is 15.0 Å². The van der Waals surface area contributed by atoms with E-state index in [-0.39, 0.29) is 11.9 Å². The van der Waals surface area contributed by atoms with Crippen molar-refractivity contribution in [2.24, 2.45) is 0 Å². The van der Waals surface area contributed by atoms with E-state index in [1.54, 1.807) is 25.6 Å². The molecule has 3 aromatic heterocycles. The highest BCUT2D eigenvalue weighted by Crippen LogP contribution is 2.36. The van der Waals surface area contributed by atoms with Gasteiger partial charge in [0.25, 0.3) is 11.6 Å². The van der Waals surface area contributed by atoms with Gasteiger partial charge in [0.1, 0.15) is 11.5 Å². The third-order valence-corrected chi connectivity index (χ3v) is 6.59. The van der Waals surface area contributed by atoms with Crippen LogP contribution in [0.25, 0.3) is 21.7 Å². The number of nitrogens with zero attached hydrogens (tertiary/aromatic N) is 3. The van der Waals surface area contributed by atoms with E-state index in [1.807, 2.05) is 53.6 Å². The number of methoxy groups -OCH3 is 2. The van der Waals surface area contributed by atoms with E-state index in [1.165, 1.54) is 0 Å². The first kappa shape index (κ1) is 20.5. The third-order valence-electron chi connectivity index (χ3n) is 5.70. The summed E-state index contributed by atoms with van der Waals surface area (Å²) in [7, 11) is 3.26. The van der Waals surface area contributed by atoms with Crippen LogP contribution in [0.3, 0.4) is 0 Å². The van der Waals surface area contributed by atoms with Gasteiger partial charge in [0.15, 0.2) is 0 Å². The fourth-order valence-electron chi connectivity index (χ4n) is 3.91. The molecule has 1 fully saturated rings. The molecule has 0 saturated heterocycles. The lowest BCUT2D eigenvalue weighted by Crippen LogP contribution is -2.33. The SMILES string of the molecule is COc1ccc(OC)c(CN(C(=O)c2cc(-c3cccs3)nc3onc(C)c23)C2CC2)c1. The van der Waals surface area contributed by atoms with Crippen LogP contribution in [0, 0.1) is 6.92 Å². The lowest BCUT2D eigenvalue weighted by atomic mass is 10.1. The molecule has 0 unspecified atom stereocenters. The zero-order chi connectivity index (χ0) is 22.2. The predicted molar refractivity (Wildman–Crippen MR) is 122 cm³/mol. The van der Waals surface area contributed by atoms with Crippen molar-refractivity contribution in [2.45, 2.75) is 32.4 Å². The number of aromatic nitrogens is 2. The maximum atomic E-state index is 13.9. The van der Waals surface area contributed by atoms with Gasteiger partial charge in [0.05, 0.1) is 48.0 Å². The Labute approximate surface area is 189 Å². The van der Waals surface area contributed by atoms with Gasteiger partial charge in [-0.15, -0.1) is 11.3 Å². The van der Waals surface area contributed by atoms with Gasteiger partial charge >= 0.3 is 0 Å². The van der Waals surface area contributed by atoms with Gasteiger partial charge < -0.3 is 18.9 Å². The fourth-order valence-corrected chi connectivity index (χ4v) is 4.60. The van der Waals surface area contributed by atoms with Gasteiger partial charge in [0.2, 0.25) is 0 Å². The van der Waals surface area contributed by atoms with E-state index >= 15 is 0 Å². The average molecular weight is 450 g/mol. The molecule has 1 saturated carbocycles. The molecule has 1 aliphatic rings. The smallest absolute Gasteiger partial charge is 0.259 e. The second kappa shape index (κ2) is 8.27. The summed E-state index contributed by atoms with van der Waals surface area (Å²) in [6.07, 6.45) is 1.96. The Balaban J connectivity index is 1.58. The summed E-state index contributed by atoms with van der Waals surface area (Å²) in [5.41, 5.74) is 3.21. The van der Waals surface area contributed by atoms with Crippen molar-refractivity contribution < 1.29 is 18.8 Å². The highest BCUT2D eigenvalue weighted by molar-refractivity contribution is 7.13. The minimum Gasteiger partial charge on any atom is -0.497 e. The molecule has 1 amide bonds. The van der Waals surface area contributed by atoms with Crippen LogP contribution in [-0.2, 0) is 6.54 Å². The first-order chi connectivity index (χ1) is 15.6.